The van der Waals surface area contributed by atoms with Crippen molar-refractivity contribution in [1.29, 1.82) is 0 Å². The molecule has 1 saturated heterocycles. The number of ether oxygens (including phenoxy) is 1. The minimum absolute atomic E-state index is 0.0151. The Balaban J connectivity index is 1.55. The zero-order valence-electron chi connectivity index (χ0n) is 18.1. The predicted molar refractivity (Wildman–Crippen MR) is 117 cm³/mol. The molecule has 3 aromatic rings. The van der Waals surface area contributed by atoms with Gasteiger partial charge in [0.25, 0.3) is 0 Å². The first-order valence-corrected chi connectivity index (χ1v) is 10.9. The lowest BCUT2D eigenvalue weighted by Crippen LogP contribution is -2.22. The maximum Gasteiger partial charge on any atom is 0.355 e. The fourth-order valence-corrected chi connectivity index (χ4v) is 4.24. The third kappa shape index (κ3) is 4.26. The molecule has 176 valence electrons. The van der Waals surface area contributed by atoms with Crippen molar-refractivity contribution < 1.29 is 23.4 Å². The summed E-state index contributed by atoms with van der Waals surface area (Å²) in [5, 5.41) is 17.6. The lowest BCUT2D eigenvalue weighted by atomic mass is 9.91. The molecule has 0 amide bonds. The second kappa shape index (κ2) is 8.90. The molecule has 2 fully saturated rings. The van der Waals surface area contributed by atoms with Gasteiger partial charge in [-0.25, -0.2) is 23.5 Å². The fourth-order valence-electron chi connectivity index (χ4n) is 4.24. The molecule has 9 nitrogen and oxygen atoms in total. The van der Waals surface area contributed by atoms with Crippen LogP contribution in [0.3, 0.4) is 0 Å². The number of carboxylic acids is 1. The zero-order valence-corrected chi connectivity index (χ0v) is 18.1. The van der Waals surface area contributed by atoms with Crippen molar-refractivity contribution in [1.82, 2.24) is 19.7 Å². The number of hydrazone groups is 1. The van der Waals surface area contributed by atoms with Crippen molar-refractivity contribution >= 4 is 12.2 Å². The molecule has 5 rings (SSSR count). The molecule has 1 aliphatic carbocycles. The van der Waals surface area contributed by atoms with E-state index in [4.69, 9.17) is 10.6 Å². The van der Waals surface area contributed by atoms with Gasteiger partial charge in [-0.05, 0) is 37.8 Å². The number of carboxylic acid groups (broad SMARTS) is 1. The summed E-state index contributed by atoms with van der Waals surface area (Å²) in [6.45, 7) is 0.419. The van der Waals surface area contributed by atoms with Gasteiger partial charge in [-0.15, -0.1) is 0 Å². The maximum absolute atomic E-state index is 14.7. The van der Waals surface area contributed by atoms with Crippen molar-refractivity contribution in [3.63, 3.8) is 0 Å². The van der Waals surface area contributed by atoms with E-state index in [2.05, 4.69) is 20.2 Å². The van der Waals surface area contributed by atoms with Crippen LogP contribution in [0.25, 0.3) is 11.3 Å². The second-order valence-corrected chi connectivity index (χ2v) is 8.47. The number of aromatic nitrogens is 4. The number of halogens is 2. The minimum atomic E-state index is -1.34. The van der Waals surface area contributed by atoms with Crippen LogP contribution in [-0.2, 0) is 4.74 Å². The summed E-state index contributed by atoms with van der Waals surface area (Å²) in [5.74, 6) is 2.29. The fraction of sp³-hybridized carbons (Fsp3) is 0.348. The Kier molecular flexibility index (Phi) is 5.78. The highest BCUT2D eigenvalue weighted by atomic mass is 19.1. The van der Waals surface area contributed by atoms with E-state index in [9.17, 15) is 18.7 Å². The molecular formula is C23H22F2N6O3. The largest absolute Gasteiger partial charge is 0.476 e. The molecule has 2 aliphatic rings. The number of hydrogen-bond donors (Lipinski definition) is 2. The molecule has 0 radical (unpaired) electrons. The molecule has 1 aliphatic heterocycles. The smallest absolute Gasteiger partial charge is 0.355 e. The molecule has 3 N–H and O–H groups in total. The second-order valence-electron chi connectivity index (χ2n) is 8.47. The van der Waals surface area contributed by atoms with E-state index in [1.165, 1.54) is 6.07 Å². The number of rotatable bonds is 6. The normalized spacial score (nSPS) is 20.6. The van der Waals surface area contributed by atoms with E-state index < -0.39 is 17.6 Å². The maximum atomic E-state index is 14.7. The van der Waals surface area contributed by atoms with Crippen molar-refractivity contribution in [2.24, 2.45) is 10.9 Å². The Morgan fingerprint density at radius 3 is 2.79 bits per heavy atom. The Hall–Kier alpha value is -3.73. The highest BCUT2D eigenvalue weighted by molar-refractivity contribution is 6.01. The van der Waals surface area contributed by atoms with Gasteiger partial charge in [-0.1, -0.05) is 0 Å². The Bertz CT molecular complexity index is 1270. The monoisotopic (exact) mass is 468 g/mol. The minimum Gasteiger partial charge on any atom is -0.476 e. The third-order valence-electron chi connectivity index (χ3n) is 6.12. The lowest BCUT2D eigenvalue weighted by Gasteiger charge is -2.28. The van der Waals surface area contributed by atoms with Gasteiger partial charge < -0.3 is 15.7 Å². The summed E-state index contributed by atoms with van der Waals surface area (Å²) in [6, 6.07) is 3.43. The first kappa shape index (κ1) is 22.1. The summed E-state index contributed by atoms with van der Waals surface area (Å²) < 4.78 is 36.1. The lowest BCUT2D eigenvalue weighted by molar-refractivity contribution is 0.00388. The average molecular weight is 468 g/mol. The Morgan fingerprint density at radius 1 is 1.26 bits per heavy atom. The number of hydrogen-bond acceptors (Lipinski definition) is 7. The van der Waals surface area contributed by atoms with Crippen LogP contribution in [0.2, 0.25) is 0 Å². The van der Waals surface area contributed by atoms with Crippen LogP contribution < -0.4 is 5.84 Å². The first-order valence-electron chi connectivity index (χ1n) is 10.9. The van der Waals surface area contributed by atoms with Crippen LogP contribution in [-0.4, -0.2) is 43.6 Å². The van der Waals surface area contributed by atoms with Gasteiger partial charge in [0, 0.05) is 35.9 Å². The molecule has 1 saturated carbocycles. The molecule has 34 heavy (non-hydrogen) atoms. The molecule has 0 spiro atoms. The summed E-state index contributed by atoms with van der Waals surface area (Å²) >= 11 is 0. The molecule has 1 aromatic carbocycles. The molecule has 2 atom stereocenters. The van der Waals surface area contributed by atoms with Crippen LogP contribution in [0.4, 0.5) is 8.78 Å². The third-order valence-corrected chi connectivity index (χ3v) is 6.12. The van der Waals surface area contributed by atoms with Gasteiger partial charge in [-0.3, -0.25) is 4.68 Å². The molecule has 2 aromatic heterocycles. The summed E-state index contributed by atoms with van der Waals surface area (Å²) in [6.07, 6.45) is 7.87. The summed E-state index contributed by atoms with van der Waals surface area (Å²) in [4.78, 5) is 20.8. The van der Waals surface area contributed by atoms with Crippen LogP contribution in [0, 0.1) is 11.6 Å². The molecule has 0 bridgehead atoms. The first-order chi connectivity index (χ1) is 16.4. The Morgan fingerprint density at radius 2 is 2.09 bits per heavy atom. The van der Waals surface area contributed by atoms with Gasteiger partial charge >= 0.3 is 5.97 Å². The summed E-state index contributed by atoms with van der Waals surface area (Å²) in [7, 11) is 0. The molecule has 11 heteroatoms. The molecular weight excluding hydrogens is 446 g/mol. The van der Waals surface area contributed by atoms with Crippen LogP contribution in [0.15, 0.2) is 35.7 Å². The van der Waals surface area contributed by atoms with Gasteiger partial charge in [0.1, 0.15) is 17.5 Å². The topological polar surface area (TPSA) is 129 Å². The quantitative estimate of drug-likeness (QED) is 0.321. The van der Waals surface area contributed by atoms with E-state index in [0.717, 1.165) is 30.7 Å². The van der Waals surface area contributed by atoms with Crippen LogP contribution in [0.1, 0.15) is 71.2 Å². The summed E-state index contributed by atoms with van der Waals surface area (Å²) in [5.41, 5.74) is 0.434. The van der Waals surface area contributed by atoms with Gasteiger partial charge in [-0.2, -0.15) is 10.2 Å². The Labute approximate surface area is 193 Å². The number of benzene rings is 1. The molecule has 3 heterocycles. The van der Waals surface area contributed by atoms with E-state index in [-0.39, 0.29) is 40.4 Å². The van der Waals surface area contributed by atoms with E-state index in [1.54, 1.807) is 6.20 Å². The SMILES string of the molecule is N/N=C/c1c(C(=O)O)nc(C2CCO[C@@H](c3cnn(C4CC4)c3)C2)nc1-c1ccc(F)cc1F. The van der Waals surface area contributed by atoms with Gasteiger partial charge in [0.2, 0.25) is 0 Å². The standard InChI is InChI=1S/C23H22F2N6O3/c24-14-1-4-16(18(25)8-14)20-17(10-27-26)21(23(32)33)30-22(29-20)12-5-6-34-19(7-12)13-9-28-31(11-13)15-2-3-15/h1,4,8-12,15,19H,2-3,5-7,26H2,(H,32,33)/b27-10+/t12?,19-/m1/s1. The highest BCUT2D eigenvalue weighted by Crippen LogP contribution is 2.39. The number of nitrogens with zero attached hydrogens (tertiary/aromatic N) is 5. The average Bonchev–Trinajstić information content (AvgIpc) is 3.56. The van der Waals surface area contributed by atoms with Gasteiger partial charge in [0.05, 0.1) is 35.8 Å². The molecule has 1 unspecified atom stereocenters. The van der Waals surface area contributed by atoms with Crippen LogP contribution >= 0.6 is 0 Å². The number of aromatic carboxylic acids is 1. The number of nitrogens with two attached hydrogens (primary N) is 1. The van der Waals surface area contributed by atoms with Gasteiger partial charge in [0.15, 0.2) is 5.69 Å². The van der Waals surface area contributed by atoms with E-state index >= 15 is 0 Å². The van der Waals surface area contributed by atoms with Crippen molar-refractivity contribution in [3.05, 3.63) is 64.9 Å². The highest BCUT2D eigenvalue weighted by Gasteiger charge is 2.32. The van der Waals surface area contributed by atoms with Crippen molar-refractivity contribution in [2.75, 3.05) is 6.61 Å². The van der Waals surface area contributed by atoms with E-state index in [0.29, 0.717) is 31.6 Å². The van der Waals surface area contributed by atoms with Crippen LogP contribution in [0.5, 0.6) is 0 Å². The number of carbonyl (C=O) groups is 1. The zero-order chi connectivity index (χ0) is 23.8. The predicted octanol–water partition coefficient (Wildman–Crippen LogP) is 3.58. The van der Waals surface area contributed by atoms with Crippen molar-refractivity contribution in [2.45, 2.75) is 43.7 Å². The van der Waals surface area contributed by atoms with Crippen molar-refractivity contribution in [3.8, 4) is 11.3 Å². The van der Waals surface area contributed by atoms with E-state index in [1.807, 2.05) is 10.9 Å².